The van der Waals surface area contributed by atoms with E-state index in [-0.39, 0.29) is 30.3 Å². The average Bonchev–Trinajstić information content (AvgIpc) is 2.76. The molecule has 0 spiro atoms. The second-order valence-electron chi connectivity index (χ2n) is 12.7. The van der Waals surface area contributed by atoms with E-state index in [0.29, 0.717) is 19.4 Å². The molecule has 41 heavy (non-hydrogen) atoms. The van der Waals surface area contributed by atoms with Crippen LogP contribution in [0.3, 0.4) is 0 Å². The van der Waals surface area contributed by atoms with E-state index in [1.165, 1.54) is 44.1 Å². The van der Waals surface area contributed by atoms with Crippen molar-refractivity contribution in [3.63, 3.8) is 0 Å². The summed E-state index contributed by atoms with van der Waals surface area (Å²) in [6.07, 6.45) is -7.06. The molecule has 0 saturated heterocycles. The van der Waals surface area contributed by atoms with Crippen LogP contribution in [0.25, 0.3) is 0 Å². The van der Waals surface area contributed by atoms with E-state index < -0.39 is 29.7 Å². The molecule has 3 nitrogen and oxygen atoms in total. The molecule has 0 aliphatic heterocycles. The van der Waals surface area contributed by atoms with Crippen molar-refractivity contribution in [2.75, 3.05) is 0 Å². The van der Waals surface area contributed by atoms with Crippen molar-refractivity contribution in [3.8, 4) is 0 Å². The summed E-state index contributed by atoms with van der Waals surface area (Å²) >= 11 is -0.353. The minimum atomic E-state index is -5.69. The topological polar surface area (TPSA) is 52.8 Å². The van der Waals surface area contributed by atoms with Gasteiger partial charge in [-0.25, -0.2) is 0 Å². The van der Waals surface area contributed by atoms with Crippen molar-refractivity contribution in [2.24, 2.45) is 21.2 Å². The molecule has 1 aromatic carbocycles. The maximum absolute atomic E-state index is 11.4. The van der Waals surface area contributed by atoms with Crippen molar-refractivity contribution in [1.82, 2.24) is 0 Å². The summed E-state index contributed by atoms with van der Waals surface area (Å²) in [7, 11) is 0. The fourth-order valence-electron chi connectivity index (χ4n) is 5.54. The molecule has 4 fully saturated rings. The molecule has 1 aromatic rings. The minimum absolute atomic E-state index is 0.176. The van der Waals surface area contributed by atoms with E-state index in [1.54, 1.807) is 0 Å². The molecule has 5 rings (SSSR count). The van der Waals surface area contributed by atoms with Gasteiger partial charge in [-0.1, -0.05) is 0 Å². The zero-order valence-corrected chi connectivity index (χ0v) is 25.6. The Labute approximate surface area is 242 Å². The zero-order chi connectivity index (χ0) is 31.7. The van der Waals surface area contributed by atoms with Gasteiger partial charge in [0.15, 0.2) is 5.60 Å². The molecule has 4 saturated carbocycles. The van der Waals surface area contributed by atoms with Gasteiger partial charge in [-0.05, 0) is 20.8 Å². The number of hydrogen-bond donors (Lipinski definition) is 2. The molecule has 0 atom stereocenters. The molecule has 0 heterocycles. The fourth-order valence-corrected chi connectivity index (χ4v) is 7.75. The van der Waals surface area contributed by atoms with Crippen molar-refractivity contribution in [3.05, 3.63) is 35.9 Å². The first-order chi connectivity index (χ1) is 18.3. The molecule has 13 heteroatoms. The summed E-state index contributed by atoms with van der Waals surface area (Å²) in [4.78, 5) is 0. The van der Waals surface area contributed by atoms with Crippen LogP contribution in [0.15, 0.2) is 33.8 Å². The normalized spacial score (nSPS) is 26.3. The van der Waals surface area contributed by atoms with E-state index >= 15 is 0 Å². The van der Waals surface area contributed by atoms with Gasteiger partial charge in [0.05, 0.1) is 0 Å². The van der Waals surface area contributed by atoms with Crippen molar-refractivity contribution in [2.45, 2.75) is 114 Å². The number of benzene rings is 1. The maximum Gasteiger partial charge on any atom is 0.425 e. The van der Waals surface area contributed by atoms with Crippen LogP contribution in [0.4, 0.5) is 39.5 Å². The number of halogens is 9. The second-order valence-corrected chi connectivity index (χ2v) is 14.2. The Balaban J connectivity index is 0.000000261. The third-order valence-corrected chi connectivity index (χ3v) is 10.8. The standard InChI is InChI=1S/C10H15N.C10H12.C4H4F6O.C4H7F3O.Mo/c11-10-4-7-1-8(5-10)3-9(2-7)6-10;1-10(2,3)9-7-5-4-6-8-9;1-2(11,3(5,6)7)4(8,9)10;1-3(2,8)4(5,6)7;/h7-9H,1-6H2;1,4-8H,2-3H3;11H,1H3;8H,1-2H3;. The summed E-state index contributed by atoms with van der Waals surface area (Å²) < 4.78 is 110. The Morgan fingerprint density at radius 3 is 1.37 bits per heavy atom. The van der Waals surface area contributed by atoms with Crippen molar-refractivity contribution in [1.29, 1.82) is 0 Å². The molecule has 4 aliphatic rings. The van der Waals surface area contributed by atoms with Crippen LogP contribution in [0.5, 0.6) is 0 Å². The van der Waals surface area contributed by atoms with Crippen LogP contribution in [0.2, 0.25) is 0 Å². The van der Waals surface area contributed by atoms with Crippen LogP contribution in [0, 0.1) is 17.8 Å². The molecule has 2 N–H and O–H groups in total. The first-order valence-corrected chi connectivity index (χ1v) is 15.3. The van der Waals surface area contributed by atoms with Gasteiger partial charge >= 0.3 is 161 Å². The van der Waals surface area contributed by atoms with Gasteiger partial charge in [0.25, 0.3) is 5.60 Å². The number of alkyl halides is 9. The Morgan fingerprint density at radius 1 is 0.707 bits per heavy atom. The van der Waals surface area contributed by atoms with Crippen molar-refractivity contribution < 1.29 is 67.6 Å². The van der Waals surface area contributed by atoms with E-state index in [4.69, 9.17) is 13.7 Å². The van der Waals surface area contributed by atoms with Gasteiger partial charge in [-0.3, -0.25) is 0 Å². The number of hydrogen-bond acceptors (Lipinski definition) is 3. The van der Waals surface area contributed by atoms with Crippen LogP contribution in [-0.2, 0) is 23.3 Å². The zero-order valence-electron chi connectivity index (χ0n) is 23.6. The van der Waals surface area contributed by atoms with E-state index in [1.807, 2.05) is 0 Å². The van der Waals surface area contributed by atoms with Crippen LogP contribution < -0.4 is 0 Å². The van der Waals surface area contributed by atoms with Gasteiger partial charge in [-0.2, -0.15) is 39.5 Å². The predicted octanol–water partition coefficient (Wildman–Crippen LogP) is 8.18. The first-order valence-electron chi connectivity index (χ1n) is 13.2. The van der Waals surface area contributed by atoms with E-state index in [9.17, 15) is 39.5 Å². The largest absolute Gasteiger partial charge is 0.425 e. The predicted molar refractivity (Wildman–Crippen MR) is 134 cm³/mol. The van der Waals surface area contributed by atoms with Gasteiger partial charge < -0.3 is 10.2 Å². The smallest absolute Gasteiger partial charge is 0.374 e. The van der Waals surface area contributed by atoms with Gasteiger partial charge in [-0.15, -0.1) is 0 Å². The maximum atomic E-state index is 11.4. The van der Waals surface area contributed by atoms with Crippen LogP contribution in [0.1, 0.15) is 78.7 Å². The third-order valence-electron chi connectivity index (χ3n) is 7.92. The minimum Gasteiger partial charge on any atom is -0.374 e. The Kier molecular flexibility index (Phi) is 11.0. The Bertz CT molecular complexity index is 1000. The van der Waals surface area contributed by atoms with Gasteiger partial charge in [0.2, 0.25) is 0 Å². The quantitative estimate of drug-likeness (QED) is 0.249. The molecule has 0 amide bonds. The molecule has 4 bridgehead atoms. The van der Waals surface area contributed by atoms with Gasteiger partial charge in [0, 0.05) is 0 Å². The van der Waals surface area contributed by atoms with E-state index in [0.717, 1.165) is 17.8 Å². The molecular formula is C28H38F9MoNO2. The fraction of sp³-hybridized carbons (Fsp3) is 0.750. The molecule has 4 aliphatic carbocycles. The summed E-state index contributed by atoms with van der Waals surface area (Å²) in [5.41, 5.74) is -5.16. The van der Waals surface area contributed by atoms with Crippen LogP contribution in [-0.4, -0.2) is 49.9 Å². The molecule has 236 valence electrons. The number of rotatable bonds is 3. The Morgan fingerprint density at radius 2 is 1.07 bits per heavy atom. The van der Waals surface area contributed by atoms with Crippen molar-refractivity contribution >= 4 is 4.40 Å². The SMILES string of the molecule is CC(C)(O)C(F)(F)F.CC(C)([CH]=[Mo]=[N]C12CC3CC(CC(C3)C1)C2)c1ccccc1.CC(O)(C(F)(F)F)C(F)(F)F. The summed E-state index contributed by atoms with van der Waals surface area (Å²) in [6.45, 7) is 5.76. The average molecular weight is 688 g/mol. The van der Waals surface area contributed by atoms with E-state index in [2.05, 4.69) is 48.6 Å². The third kappa shape index (κ3) is 9.43. The molecular weight excluding hydrogens is 649 g/mol. The molecule has 0 aromatic heterocycles. The summed E-state index contributed by atoms with van der Waals surface area (Å²) in [6, 6.07) is 10.9. The number of nitrogens with zero attached hydrogens (tertiary/aromatic N) is 1. The second kappa shape index (κ2) is 12.5. The summed E-state index contributed by atoms with van der Waals surface area (Å²) in [5, 5.41) is 16.2. The number of aliphatic hydroxyl groups is 2. The summed E-state index contributed by atoms with van der Waals surface area (Å²) in [5.74, 6) is 3.05. The monoisotopic (exact) mass is 689 g/mol. The molecule has 0 unspecified atom stereocenters. The van der Waals surface area contributed by atoms with Crippen LogP contribution >= 0.6 is 0 Å². The molecule has 0 radical (unpaired) electrons. The Hall–Kier alpha value is -1.13. The first kappa shape index (κ1) is 36.1. The van der Waals surface area contributed by atoms with Gasteiger partial charge in [0.1, 0.15) is 0 Å².